The fourth-order valence-electron chi connectivity index (χ4n) is 3.79. The van der Waals surface area contributed by atoms with E-state index < -0.39 is 29.7 Å². The van der Waals surface area contributed by atoms with Crippen molar-refractivity contribution in [3.05, 3.63) is 71.7 Å². The number of imide groups is 1. The van der Waals surface area contributed by atoms with E-state index in [4.69, 9.17) is 0 Å². The molecule has 166 valence electrons. The van der Waals surface area contributed by atoms with Crippen LogP contribution in [-0.4, -0.2) is 32.9 Å². The molecule has 1 aliphatic rings. The molecule has 1 aliphatic heterocycles. The quantitative estimate of drug-likeness (QED) is 0.336. The fourth-order valence-corrected chi connectivity index (χ4v) is 3.79. The lowest BCUT2D eigenvalue weighted by Crippen LogP contribution is -2.29. The number of carbonyl (C=O) groups is 2. The number of aromatic nitrogens is 3. The van der Waals surface area contributed by atoms with Gasteiger partial charge in [-0.15, -0.1) is 13.2 Å². The van der Waals surface area contributed by atoms with Crippen LogP contribution in [0.3, 0.4) is 0 Å². The van der Waals surface area contributed by atoms with Crippen molar-refractivity contribution in [2.75, 3.05) is 4.90 Å². The Morgan fingerprint density at radius 1 is 1.00 bits per heavy atom. The van der Waals surface area contributed by atoms with E-state index in [0.717, 1.165) is 17.0 Å². The van der Waals surface area contributed by atoms with Gasteiger partial charge in [-0.05, 0) is 36.4 Å². The van der Waals surface area contributed by atoms with E-state index in [-0.39, 0.29) is 22.2 Å². The lowest BCUT2D eigenvalue weighted by Gasteiger charge is -2.16. The van der Waals surface area contributed by atoms with Gasteiger partial charge in [0.15, 0.2) is 5.65 Å². The number of fused-ring (bicyclic) bond motifs is 3. The maximum atomic E-state index is 13.4. The van der Waals surface area contributed by atoms with Gasteiger partial charge >= 0.3 is 6.36 Å². The van der Waals surface area contributed by atoms with Crippen LogP contribution in [0, 0.1) is 5.82 Å². The van der Waals surface area contributed by atoms with Crippen molar-refractivity contribution >= 4 is 28.5 Å². The molecule has 0 radical (unpaired) electrons. The van der Waals surface area contributed by atoms with Crippen LogP contribution in [0.25, 0.3) is 22.3 Å². The molecule has 0 unspecified atom stereocenters. The van der Waals surface area contributed by atoms with Gasteiger partial charge in [-0.2, -0.15) is 5.10 Å². The van der Waals surface area contributed by atoms with E-state index in [0.29, 0.717) is 16.9 Å². The normalized spacial score (nSPS) is 13.7. The smallest absolute Gasteiger partial charge is 0.406 e. The van der Waals surface area contributed by atoms with E-state index in [9.17, 15) is 27.2 Å². The molecule has 0 bridgehead atoms. The highest BCUT2D eigenvalue weighted by molar-refractivity contribution is 6.38. The molecule has 2 aromatic heterocycles. The number of carbonyl (C=O) groups excluding carboxylic acids is 2. The van der Waals surface area contributed by atoms with Crippen molar-refractivity contribution < 1.29 is 31.9 Å². The molecule has 0 aliphatic carbocycles. The first-order valence-corrected chi connectivity index (χ1v) is 9.50. The zero-order chi connectivity index (χ0) is 23.5. The minimum atomic E-state index is -4.93. The van der Waals surface area contributed by atoms with Crippen LogP contribution < -0.4 is 9.64 Å². The minimum Gasteiger partial charge on any atom is -0.406 e. The second-order valence-corrected chi connectivity index (χ2v) is 7.22. The van der Waals surface area contributed by atoms with Gasteiger partial charge < -0.3 is 4.74 Å². The standard InChI is InChI=1S/C22H12F4N4O3/c1-29-19-17(18(28-29)11-5-7-12(23)8-6-11)16-15(10-27-19)20(31)30(21(16)32)13-3-2-4-14(9-13)33-22(24,25)26/h2-10H,1H3. The molecule has 0 spiro atoms. The zero-order valence-corrected chi connectivity index (χ0v) is 16.7. The molecule has 0 atom stereocenters. The van der Waals surface area contributed by atoms with Crippen molar-refractivity contribution in [1.82, 2.24) is 14.8 Å². The molecule has 33 heavy (non-hydrogen) atoms. The summed E-state index contributed by atoms with van der Waals surface area (Å²) in [6.45, 7) is 0. The Bertz CT molecular complexity index is 1440. The number of hydrogen-bond acceptors (Lipinski definition) is 5. The lowest BCUT2D eigenvalue weighted by atomic mass is 10.0. The summed E-state index contributed by atoms with van der Waals surface area (Å²) >= 11 is 0. The average Bonchev–Trinajstić information content (AvgIpc) is 3.21. The van der Waals surface area contributed by atoms with Crippen molar-refractivity contribution in [2.45, 2.75) is 6.36 Å². The van der Waals surface area contributed by atoms with Gasteiger partial charge in [-0.25, -0.2) is 19.0 Å². The number of ether oxygens (including phenoxy) is 1. The van der Waals surface area contributed by atoms with Crippen LogP contribution in [-0.2, 0) is 7.05 Å². The van der Waals surface area contributed by atoms with E-state index in [1.807, 2.05) is 0 Å². The van der Waals surface area contributed by atoms with Crippen molar-refractivity contribution in [2.24, 2.45) is 7.05 Å². The van der Waals surface area contributed by atoms with Crippen LogP contribution in [0.1, 0.15) is 20.7 Å². The molecule has 4 aromatic rings. The molecule has 7 nitrogen and oxygen atoms in total. The number of hydrogen-bond donors (Lipinski definition) is 0. The number of halogens is 4. The Morgan fingerprint density at radius 3 is 2.42 bits per heavy atom. The van der Waals surface area contributed by atoms with E-state index >= 15 is 0 Å². The third kappa shape index (κ3) is 3.37. The van der Waals surface area contributed by atoms with Gasteiger partial charge in [0.25, 0.3) is 11.8 Å². The summed E-state index contributed by atoms with van der Waals surface area (Å²) in [6.07, 6.45) is -3.71. The van der Waals surface area contributed by atoms with Gasteiger partial charge in [-0.1, -0.05) is 6.07 Å². The Hall–Kier alpha value is -4.28. The monoisotopic (exact) mass is 456 g/mol. The van der Waals surface area contributed by atoms with Gasteiger partial charge in [0.05, 0.1) is 22.2 Å². The first-order chi connectivity index (χ1) is 15.6. The Kier molecular flexibility index (Phi) is 4.45. The summed E-state index contributed by atoms with van der Waals surface area (Å²) in [5, 5.41) is 4.67. The first-order valence-electron chi connectivity index (χ1n) is 9.50. The number of aryl methyl sites for hydroxylation is 1. The Labute approximate surface area is 182 Å². The van der Waals surface area contributed by atoms with Crippen LogP contribution >= 0.6 is 0 Å². The van der Waals surface area contributed by atoms with Crippen molar-refractivity contribution in [3.8, 4) is 17.0 Å². The minimum absolute atomic E-state index is 0.0135. The molecular weight excluding hydrogens is 444 g/mol. The third-order valence-corrected chi connectivity index (χ3v) is 5.13. The number of nitrogens with zero attached hydrogens (tertiary/aromatic N) is 4. The van der Waals surface area contributed by atoms with Crippen LogP contribution in [0.4, 0.5) is 23.2 Å². The predicted molar refractivity (Wildman–Crippen MR) is 108 cm³/mol. The summed E-state index contributed by atoms with van der Waals surface area (Å²) < 4.78 is 56.6. The van der Waals surface area contributed by atoms with Crippen LogP contribution in [0.2, 0.25) is 0 Å². The molecule has 0 saturated carbocycles. The van der Waals surface area contributed by atoms with Gasteiger partial charge in [-0.3, -0.25) is 9.59 Å². The summed E-state index contributed by atoms with van der Waals surface area (Å²) in [5.41, 5.74) is 1.02. The predicted octanol–water partition coefficient (Wildman–Crippen LogP) is 4.47. The SMILES string of the molecule is Cn1nc(-c2ccc(F)cc2)c2c3c(cnc21)C(=O)N(c1cccc(OC(F)(F)F)c1)C3=O. The molecule has 5 rings (SSSR count). The second-order valence-electron chi connectivity index (χ2n) is 7.22. The summed E-state index contributed by atoms with van der Waals surface area (Å²) in [5.74, 6) is -2.53. The van der Waals surface area contributed by atoms with Crippen LogP contribution in [0.15, 0.2) is 54.7 Å². The molecule has 11 heteroatoms. The number of anilines is 1. The van der Waals surface area contributed by atoms with Gasteiger partial charge in [0.2, 0.25) is 0 Å². The number of amides is 2. The lowest BCUT2D eigenvalue weighted by molar-refractivity contribution is -0.274. The molecule has 2 amide bonds. The molecule has 0 N–H and O–H groups in total. The molecule has 3 heterocycles. The van der Waals surface area contributed by atoms with Crippen molar-refractivity contribution in [3.63, 3.8) is 0 Å². The van der Waals surface area contributed by atoms with Crippen molar-refractivity contribution in [1.29, 1.82) is 0 Å². The highest BCUT2D eigenvalue weighted by Crippen LogP contribution is 2.38. The first kappa shape index (κ1) is 20.6. The largest absolute Gasteiger partial charge is 0.573 e. The summed E-state index contributed by atoms with van der Waals surface area (Å²) in [4.78, 5) is 31.5. The topological polar surface area (TPSA) is 77.3 Å². The summed E-state index contributed by atoms with van der Waals surface area (Å²) in [6, 6.07) is 9.99. The number of rotatable bonds is 3. The van der Waals surface area contributed by atoms with Gasteiger partial charge in [0.1, 0.15) is 17.3 Å². The summed E-state index contributed by atoms with van der Waals surface area (Å²) in [7, 11) is 1.60. The molecule has 2 aromatic carbocycles. The van der Waals surface area contributed by atoms with Gasteiger partial charge in [0, 0.05) is 24.9 Å². The van der Waals surface area contributed by atoms with E-state index in [1.54, 1.807) is 7.05 Å². The molecular formula is C22H12F4N4O3. The fraction of sp³-hybridized carbons (Fsp3) is 0.0909. The Balaban J connectivity index is 1.66. The second kappa shape index (κ2) is 7.12. The highest BCUT2D eigenvalue weighted by Gasteiger charge is 2.40. The van der Waals surface area contributed by atoms with Crippen LogP contribution in [0.5, 0.6) is 5.75 Å². The number of benzene rings is 2. The maximum Gasteiger partial charge on any atom is 0.573 e. The maximum absolute atomic E-state index is 13.4. The molecule has 0 saturated heterocycles. The number of pyridine rings is 1. The molecule has 0 fully saturated rings. The zero-order valence-electron chi connectivity index (χ0n) is 16.7. The third-order valence-electron chi connectivity index (χ3n) is 5.13. The number of alkyl halides is 3. The Morgan fingerprint density at radius 2 is 1.73 bits per heavy atom. The van der Waals surface area contributed by atoms with E-state index in [2.05, 4.69) is 14.8 Å². The highest BCUT2D eigenvalue weighted by atomic mass is 19.4. The van der Waals surface area contributed by atoms with E-state index in [1.165, 1.54) is 47.3 Å². The average molecular weight is 456 g/mol.